The highest BCUT2D eigenvalue weighted by atomic mass is 16.5. The number of hydrogen-bond donors (Lipinski definition) is 0. The van der Waals surface area contributed by atoms with Gasteiger partial charge in [-0.15, -0.1) is 0 Å². The van der Waals surface area contributed by atoms with Crippen molar-refractivity contribution >= 4 is 16.9 Å². The molecule has 0 saturated carbocycles. The van der Waals surface area contributed by atoms with Gasteiger partial charge in [-0.05, 0) is 39.2 Å². The predicted octanol–water partition coefficient (Wildman–Crippen LogP) is 2.30. The molecule has 1 aliphatic heterocycles. The Hall–Kier alpha value is -3.13. The number of aromatic nitrogens is 5. The van der Waals surface area contributed by atoms with E-state index in [-0.39, 0.29) is 23.9 Å². The summed E-state index contributed by atoms with van der Waals surface area (Å²) in [4.78, 5) is 31.3. The summed E-state index contributed by atoms with van der Waals surface area (Å²) in [7, 11) is 1.68. The lowest BCUT2D eigenvalue weighted by molar-refractivity contribution is 0.0974. The van der Waals surface area contributed by atoms with Crippen molar-refractivity contribution in [3.8, 4) is 0 Å². The number of nitrogens with zero attached hydrogens (tertiary/aromatic N) is 5. The molecule has 4 heterocycles. The van der Waals surface area contributed by atoms with Gasteiger partial charge in [0.1, 0.15) is 0 Å². The number of ether oxygens (including phenoxy) is 1. The van der Waals surface area contributed by atoms with Crippen LogP contribution in [0.5, 0.6) is 0 Å². The molecule has 8 nitrogen and oxygen atoms in total. The lowest BCUT2D eigenvalue weighted by atomic mass is 10.1. The second-order valence-corrected chi connectivity index (χ2v) is 8.56. The third-order valence-corrected chi connectivity index (χ3v) is 6.46. The maximum absolute atomic E-state index is 13.5. The zero-order valence-corrected chi connectivity index (χ0v) is 18.4. The van der Waals surface area contributed by atoms with Gasteiger partial charge in [-0.2, -0.15) is 4.98 Å². The van der Waals surface area contributed by atoms with Crippen molar-refractivity contribution in [1.29, 1.82) is 0 Å². The van der Waals surface area contributed by atoms with Gasteiger partial charge in [-0.1, -0.05) is 29.8 Å². The van der Waals surface area contributed by atoms with Gasteiger partial charge in [-0.25, -0.2) is 4.79 Å². The SMILES string of the molecule is Cc1cccc(Cn2c(=O)c3c(nc4n(C[C@@H]5CCCO5)c(C)c(C)n34)n(C)c2=O)c1. The number of imidazole rings is 2. The molecule has 4 aromatic rings. The second kappa shape index (κ2) is 7.23. The Morgan fingerprint density at radius 2 is 1.94 bits per heavy atom. The monoisotopic (exact) mass is 421 g/mol. The predicted molar refractivity (Wildman–Crippen MR) is 119 cm³/mol. The van der Waals surface area contributed by atoms with Gasteiger partial charge in [0.15, 0.2) is 11.2 Å². The van der Waals surface area contributed by atoms with Gasteiger partial charge < -0.3 is 9.30 Å². The minimum Gasteiger partial charge on any atom is -0.376 e. The molecule has 8 heteroatoms. The molecule has 5 rings (SSSR count). The summed E-state index contributed by atoms with van der Waals surface area (Å²) >= 11 is 0. The second-order valence-electron chi connectivity index (χ2n) is 8.56. The van der Waals surface area contributed by atoms with E-state index in [1.54, 1.807) is 7.05 Å². The van der Waals surface area contributed by atoms with Gasteiger partial charge in [-0.3, -0.25) is 18.3 Å². The average molecular weight is 422 g/mol. The first-order valence-corrected chi connectivity index (χ1v) is 10.7. The van der Waals surface area contributed by atoms with Crippen LogP contribution in [-0.4, -0.2) is 35.8 Å². The van der Waals surface area contributed by atoms with Crippen molar-refractivity contribution in [2.75, 3.05) is 6.61 Å². The summed E-state index contributed by atoms with van der Waals surface area (Å²) in [6, 6.07) is 7.86. The molecule has 0 amide bonds. The van der Waals surface area contributed by atoms with Crippen LogP contribution in [0.25, 0.3) is 16.9 Å². The lowest BCUT2D eigenvalue weighted by Gasteiger charge is -2.12. The highest BCUT2D eigenvalue weighted by Gasteiger charge is 2.25. The summed E-state index contributed by atoms with van der Waals surface area (Å²) in [5.74, 6) is 0.681. The molecule has 162 valence electrons. The molecule has 0 aliphatic carbocycles. The van der Waals surface area contributed by atoms with E-state index < -0.39 is 0 Å². The third kappa shape index (κ3) is 3.05. The Balaban J connectivity index is 1.74. The van der Waals surface area contributed by atoms with E-state index in [9.17, 15) is 9.59 Å². The molecule has 3 aromatic heterocycles. The topological polar surface area (TPSA) is 75.5 Å². The van der Waals surface area contributed by atoms with E-state index in [1.165, 1.54) is 9.13 Å². The fraction of sp³-hybridized carbons (Fsp3) is 0.435. The molecular weight excluding hydrogens is 394 g/mol. The molecule has 0 radical (unpaired) electrons. The minimum atomic E-state index is -0.361. The molecule has 1 fully saturated rings. The molecule has 31 heavy (non-hydrogen) atoms. The van der Waals surface area contributed by atoms with Crippen LogP contribution in [0.3, 0.4) is 0 Å². The maximum Gasteiger partial charge on any atom is 0.332 e. The Morgan fingerprint density at radius 1 is 1.13 bits per heavy atom. The zero-order chi connectivity index (χ0) is 21.9. The molecular formula is C23H27N5O3. The van der Waals surface area contributed by atoms with Crippen molar-refractivity contribution in [2.24, 2.45) is 7.05 Å². The molecule has 1 saturated heterocycles. The number of aryl methyl sites for hydroxylation is 3. The molecule has 1 atom stereocenters. The number of hydrogen-bond acceptors (Lipinski definition) is 4. The molecule has 0 spiro atoms. The number of benzene rings is 1. The van der Waals surface area contributed by atoms with Crippen molar-refractivity contribution in [1.82, 2.24) is 23.1 Å². The standard InChI is InChI=1S/C23H27N5O3/c1-14-7-5-8-17(11-14)12-27-21(29)19-20(25(4)23(27)30)24-22-26(13-18-9-6-10-31-18)15(2)16(3)28(19)22/h5,7-8,11,18H,6,9-10,12-13H2,1-4H3/t18-/m0/s1. The van der Waals surface area contributed by atoms with Crippen LogP contribution in [0.4, 0.5) is 0 Å². The summed E-state index contributed by atoms with van der Waals surface area (Å²) in [6.45, 7) is 7.73. The quantitative estimate of drug-likeness (QED) is 0.507. The number of rotatable bonds is 4. The smallest absolute Gasteiger partial charge is 0.332 e. The molecule has 0 bridgehead atoms. The Bertz CT molecular complexity index is 1430. The van der Waals surface area contributed by atoms with Crippen LogP contribution in [0.2, 0.25) is 0 Å². The largest absolute Gasteiger partial charge is 0.376 e. The van der Waals surface area contributed by atoms with Gasteiger partial charge in [0.2, 0.25) is 5.78 Å². The Labute approximate surface area is 179 Å². The molecule has 1 aliphatic rings. The fourth-order valence-corrected chi connectivity index (χ4v) is 4.66. The molecule has 0 unspecified atom stereocenters. The fourth-order valence-electron chi connectivity index (χ4n) is 4.66. The minimum absolute atomic E-state index is 0.149. The average Bonchev–Trinajstić information content (AvgIpc) is 3.44. The van der Waals surface area contributed by atoms with E-state index in [2.05, 4.69) is 4.57 Å². The summed E-state index contributed by atoms with van der Waals surface area (Å²) in [6.07, 6.45) is 2.23. The molecule has 1 aromatic carbocycles. The van der Waals surface area contributed by atoms with Crippen LogP contribution in [0.15, 0.2) is 33.9 Å². The third-order valence-electron chi connectivity index (χ3n) is 6.46. The normalized spacial score (nSPS) is 16.7. The van der Waals surface area contributed by atoms with Crippen molar-refractivity contribution in [3.63, 3.8) is 0 Å². The van der Waals surface area contributed by atoms with Crippen LogP contribution in [0, 0.1) is 20.8 Å². The maximum atomic E-state index is 13.5. The Morgan fingerprint density at radius 3 is 2.65 bits per heavy atom. The van der Waals surface area contributed by atoms with Gasteiger partial charge in [0.25, 0.3) is 5.56 Å². The zero-order valence-electron chi connectivity index (χ0n) is 18.4. The summed E-state index contributed by atoms with van der Waals surface area (Å²) in [5.41, 5.74) is 4.19. The van der Waals surface area contributed by atoms with Gasteiger partial charge in [0, 0.05) is 25.0 Å². The first-order chi connectivity index (χ1) is 14.9. The van der Waals surface area contributed by atoms with Crippen molar-refractivity contribution in [2.45, 2.75) is 52.8 Å². The number of fused-ring (bicyclic) bond motifs is 3. The van der Waals surface area contributed by atoms with Gasteiger partial charge >= 0.3 is 5.69 Å². The summed E-state index contributed by atoms with van der Waals surface area (Å²) in [5, 5.41) is 0. The first-order valence-electron chi connectivity index (χ1n) is 10.7. The summed E-state index contributed by atoms with van der Waals surface area (Å²) < 4.78 is 12.6. The van der Waals surface area contributed by atoms with Crippen LogP contribution in [-0.2, 0) is 24.9 Å². The van der Waals surface area contributed by atoms with E-state index in [0.29, 0.717) is 23.5 Å². The Kier molecular flexibility index (Phi) is 4.62. The van der Waals surface area contributed by atoms with Gasteiger partial charge in [0.05, 0.1) is 19.2 Å². The molecule has 0 N–H and O–H groups in total. The first kappa shape index (κ1) is 19.8. The highest BCUT2D eigenvalue weighted by Crippen LogP contribution is 2.23. The highest BCUT2D eigenvalue weighted by molar-refractivity contribution is 5.76. The van der Waals surface area contributed by atoms with Crippen molar-refractivity contribution < 1.29 is 4.74 Å². The van der Waals surface area contributed by atoms with E-state index >= 15 is 0 Å². The van der Waals surface area contributed by atoms with Crippen LogP contribution < -0.4 is 11.2 Å². The van der Waals surface area contributed by atoms with E-state index in [4.69, 9.17) is 9.72 Å². The van der Waals surface area contributed by atoms with Crippen LogP contribution in [0.1, 0.15) is 35.4 Å². The van der Waals surface area contributed by atoms with Crippen molar-refractivity contribution in [3.05, 3.63) is 67.6 Å². The lowest BCUT2D eigenvalue weighted by Crippen LogP contribution is -2.39. The van der Waals surface area contributed by atoms with Crippen LogP contribution >= 0.6 is 0 Å². The van der Waals surface area contributed by atoms with E-state index in [1.807, 2.05) is 49.4 Å². The van der Waals surface area contributed by atoms with E-state index in [0.717, 1.165) is 42.0 Å².